The van der Waals surface area contributed by atoms with Crippen molar-refractivity contribution in [1.82, 2.24) is 4.90 Å². The molecule has 0 aliphatic carbocycles. The molecule has 3 heteroatoms. The van der Waals surface area contributed by atoms with Crippen molar-refractivity contribution in [2.24, 2.45) is 0 Å². The van der Waals surface area contributed by atoms with Gasteiger partial charge in [-0.25, -0.2) is 0 Å². The number of phenolic OH excluding ortho intramolecular Hbond substituents is 1. The molecule has 0 fully saturated rings. The fraction of sp³-hybridized carbons (Fsp3) is 0.476. The zero-order valence-corrected chi connectivity index (χ0v) is 14.9. The highest BCUT2D eigenvalue weighted by Gasteiger charge is 2.19. The van der Waals surface area contributed by atoms with Gasteiger partial charge >= 0.3 is 0 Å². The zero-order valence-electron chi connectivity index (χ0n) is 14.9. The van der Waals surface area contributed by atoms with Crippen molar-refractivity contribution < 1.29 is 9.90 Å². The van der Waals surface area contributed by atoms with Gasteiger partial charge in [-0.1, -0.05) is 63.8 Å². The molecular formula is C21H29NO2. The Bertz CT molecular complexity index is 656. The summed E-state index contributed by atoms with van der Waals surface area (Å²) in [5.74, 6) is 0.0279. The third kappa shape index (κ3) is 4.73. The van der Waals surface area contributed by atoms with E-state index in [4.69, 9.17) is 0 Å². The maximum atomic E-state index is 13.0. The summed E-state index contributed by atoms with van der Waals surface area (Å²) in [6, 6.07) is 11.3. The minimum atomic E-state index is -0.0505. The summed E-state index contributed by atoms with van der Waals surface area (Å²) in [4.78, 5) is 14.9. The van der Waals surface area contributed by atoms with Crippen LogP contribution in [0.25, 0.3) is 10.8 Å². The van der Waals surface area contributed by atoms with Crippen molar-refractivity contribution in [3.05, 3.63) is 42.0 Å². The summed E-state index contributed by atoms with van der Waals surface area (Å²) in [7, 11) is 0. The fourth-order valence-corrected chi connectivity index (χ4v) is 2.99. The van der Waals surface area contributed by atoms with Crippen molar-refractivity contribution >= 4 is 16.7 Å². The lowest BCUT2D eigenvalue weighted by Gasteiger charge is -2.23. The van der Waals surface area contributed by atoms with Gasteiger partial charge in [-0.3, -0.25) is 4.79 Å². The molecule has 2 aromatic carbocycles. The van der Waals surface area contributed by atoms with Gasteiger partial charge in [0.1, 0.15) is 5.75 Å². The third-order valence-corrected chi connectivity index (χ3v) is 4.44. The molecule has 0 unspecified atom stereocenters. The molecule has 0 atom stereocenters. The topological polar surface area (TPSA) is 40.5 Å². The number of phenols is 1. The SMILES string of the molecule is CCCCCN(CCCCC)C(=O)c1cc2ccccc2cc1O. The molecule has 1 N–H and O–H groups in total. The first-order valence-electron chi connectivity index (χ1n) is 9.18. The highest BCUT2D eigenvalue weighted by molar-refractivity contribution is 6.01. The largest absolute Gasteiger partial charge is 0.507 e. The number of rotatable bonds is 9. The molecule has 3 nitrogen and oxygen atoms in total. The lowest BCUT2D eigenvalue weighted by molar-refractivity contribution is 0.0746. The number of carbonyl (C=O) groups excluding carboxylic acids is 1. The van der Waals surface area contributed by atoms with Crippen molar-refractivity contribution in [3.63, 3.8) is 0 Å². The van der Waals surface area contributed by atoms with Gasteiger partial charge in [0, 0.05) is 13.1 Å². The van der Waals surface area contributed by atoms with Crippen LogP contribution in [0, 0.1) is 0 Å². The highest BCUT2D eigenvalue weighted by Crippen LogP contribution is 2.26. The average Bonchev–Trinajstić information content (AvgIpc) is 2.59. The zero-order chi connectivity index (χ0) is 17.4. The molecule has 24 heavy (non-hydrogen) atoms. The lowest BCUT2D eigenvalue weighted by atomic mass is 10.0. The summed E-state index contributed by atoms with van der Waals surface area (Å²) >= 11 is 0. The molecule has 1 amide bonds. The number of amides is 1. The van der Waals surface area contributed by atoms with Crippen LogP contribution in [-0.2, 0) is 0 Å². The van der Waals surface area contributed by atoms with Crippen LogP contribution in [0.15, 0.2) is 36.4 Å². The van der Waals surface area contributed by atoms with Crippen LogP contribution in [-0.4, -0.2) is 29.0 Å². The van der Waals surface area contributed by atoms with E-state index in [2.05, 4.69) is 13.8 Å². The van der Waals surface area contributed by atoms with E-state index < -0.39 is 0 Å². The molecule has 0 aliphatic heterocycles. The van der Waals surface area contributed by atoms with Crippen LogP contribution in [0.5, 0.6) is 5.75 Å². The first kappa shape index (κ1) is 18.3. The van der Waals surface area contributed by atoms with Crippen LogP contribution >= 0.6 is 0 Å². The molecule has 0 spiro atoms. The van der Waals surface area contributed by atoms with Gasteiger partial charge in [0.2, 0.25) is 0 Å². The van der Waals surface area contributed by atoms with E-state index in [9.17, 15) is 9.90 Å². The van der Waals surface area contributed by atoms with Crippen LogP contribution in [0.1, 0.15) is 62.7 Å². The van der Waals surface area contributed by atoms with Gasteiger partial charge < -0.3 is 10.0 Å². The normalized spacial score (nSPS) is 10.9. The Hall–Kier alpha value is -2.03. The maximum absolute atomic E-state index is 13.0. The van der Waals surface area contributed by atoms with Gasteiger partial charge in [-0.15, -0.1) is 0 Å². The minimum Gasteiger partial charge on any atom is -0.507 e. The van der Waals surface area contributed by atoms with E-state index in [-0.39, 0.29) is 11.7 Å². The van der Waals surface area contributed by atoms with Gasteiger partial charge in [0.15, 0.2) is 0 Å². The molecule has 0 radical (unpaired) electrons. The number of benzene rings is 2. The number of hydrogen-bond acceptors (Lipinski definition) is 2. The number of aromatic hydroxyl groups is 1. The second-order valence-corrected chi connectivity index (χ2v) is 6.42. The van der Waals surface area contributed by atoms with Gasteiger partial charge in [0.25, 0.3) is 5.91 Å². The van der Waals surface area contributed by atoms with E-state index in [1.165, 1.54) is 0 Å². The van der Waals surface area contributed by atoms with Gasteiger partial charge in [-0.05, 0) is 35.7 Å². The first-order valence-corrected chi connectivity index (χ1v) is 9.18. The molecule has 0 aliphatic rings. The first-order chi connectivity index (χ1) is 11.7. The molecule has 2 rings (SSSR count). The van der Waals surface area contributed by atoms with Crippen LogP contribution in [0.4, 0.5) is 0 Å². The molecule has 0 aromatic heterocycles. The maximum Gasteiger partial charge on any atom is 0.257 e. The third-order valence-electron chi connectivity index (χ3n) is 4.44. The number of hydrogen-bond donors (Lipinski definition) is 1. The quantitative estimate of drug-likeness (QED) is 0.629. The van der Waals surface area contributed by atoms with Crippen molar-refractivity contribution in [2.45, 2.75) is 52.4 Å². The van der Waals surface area contributed by atoms with E-state index in [0.29, 0.717) is 5.56 Å². The summed E-state index contributed by atoms with van der Waals surface area (Å²) in [6.45, 7) is 5.86. The average molecular weight is 327 g/mol. The lowest BCUT2D eigenvalue weighted by Crippen LogP contribution is -2.33. The van der Waals surface area contributed by atoms with Gasteiger partial charge in [0.05, 0.1) is 5.56 Å². The summed E-state index contributed by atoms with van der Waals surface area (Å²) in [5, 5.41) is 12.3. The molecular weight excluding hydrogens is 298 g/mol. The molecule has 0 heterocycles. The highest BCUT2D eigenvalue weighted by atomic mass is 16.3. The number of nitrogens with zero attached hydrogens (tertiary/aromatic N) is 1. The number of fused-ring (bicyclic) bond motifs is 1. The molecule has 0 saturated heterocycles. The van der Waals surface area contributed by atoms with E-state index >= 15 is 0 Å². The Balaban J connectivity index is 2.21. The minimum absolute atomic E-state index is 0.0505. The Kier molecular flexibility index (Phi) is 7.10. The second-order valence-electron chi connectivity index (χ2n) is 6.42. The van der Waals surface area contributed by atoms with Gasteiger partial charge in [-0.2, -0.15) is 0 Å². The standard InChI is InChI=1S/C21H29NO2/c1-3-5-9-13-22(14-10-6-4-2)21(24)19-15-17-11-7-8-12-18(17)16-20(19)23/h7-8,11-12,15-16,23H,3-6,9-10,13-14H2,1-2H3. The number of unbranched alkanes of at least 4 members (excludes halogenated alkanes) is 4. The Morgan fingerprint density at radius 2 is 1.46 bits per heavy atom. The summed E-state index contributed by atoms with van der Waals surface area (Å²) in [5.41, 5.74) is 0.418. The summed E-state index contributed by atoms with van der Waals surface area (Å²) in [6.07, 6.45) is 6.56. The van der Waals surface area contributed by atoms with E-state index in [1.807, 2.05) is 35.2 Å². The fourth-order valence-electron chi connectivity index (χ4n) is 2.99. The van der Waals surface area contributed by atoms with Crippen LogP contribution < -0.4 is 0 Å². The smallest absolute Gasteiger partial charge is 0.257 e. The predicted molar refractivity (Wildman–Crippen MR) is 101 cm³/mol. The molecule has 0 saturated carbocycles. The molecule has 0 bridgehead atoms. The summed E-state index contributed by atoms with van der Waals surface area (Å²) < 4.78 is 0. The van der Waals surface area contributed by atoms with Crippen LogP contribution in [0.3, 0.4) is 0 Å². The van der Waals surface area contributed by atoms with Crippen molar-refractivity contribution in [3.8, 4) is 5.75 Å². The predicted octanol–water partition coefficient (Wildman–Crippen LogP) is 5.37. The van der Waals surface area contributed by atoms with E-state index in [1.54, 1.807) is 6.07 Å². The Morgan fingerprint density at radius 3 is 2.00 bits per heavy atom. The Morgan fingerprint density at radius 1 is 0.917 bits per heavy atom. The number of carbonyl (C=O) groups is 1. The monoisotopic (exact) mass is 327 g/mol. The van der Waals surface area contributed by atoms with E-state index in [0.717, 1.165) is 62.4 Å². The van der Waals surface area contributed by atoms with Crippen molar-refractivity contribution in [1.29, 1.82) is 0 Å². The second kappa shape index (κ2) is 9.31. The Labute approximate surface area is 145 Å². The molecule has 130 valence electrons. The molecule has 2 aromatic rings. The van der Waals surface area contributed by atoms with Crippen molar-refractivity contribution in [2.75, 3.05) is 13.1 Å². The van der Waals surface area contributed by atoms with Crippen LogP contribution in [0.2, 0.25) is 0 Å².